The summed E-state index contributed by atoms with van der Waals surface area (Å²) in [5.41, 5.74) is 0. The van der Waals surface area contributed by atoms with Crippen LogP contribution in [0.2, 0.25) is 0 Å². The van der Waals surface area contributed by atoms with Gasteiger partial charge >= 0.3 is 0 Å². The van der Waals surface area contributed by atoms with Crippen molar-refractivity contribution in [3.8, 4) is 0 Å². The minimum absolute atomic E-state index is 0.138. The number of allylic oxidation sites excluding steroid dienone is 1. The zero-order valence-corrected chi connectivity index (χ0v) is 8.08. The minimum atomic E-state index is 0.138. The molecule has 1 aliphatic rings. The summed E-state index contributed by atoms with van der Waals surface area (Å²) in [5, 5.41) is 0. The lowest BCUT2D eigenvalue weighted by Gasteiger charge is -2.34. The first-order valence-corrected chi connectivity index (χ1v) is 4.50. The van der Waals surface area contributed by atoms with Crippen molar-refractivity contribution in [3.63, 3.8) is 0 Å². The standard InChI is InChI=1S/C10H17NO/c1-8(2)10(12)5-4-9-6-11(3)7-9/h4-5,8-9H,6-7H2,1-3H3/b5-4+. The van der Waals surface area contributed by atoms with Crippen LogP contribution in [0.15, 0.2) is 12.2 Å². The van der Waals surface area contributed by atoms with Gasteiger partial charge in [-0.15, -0.1) is 0 Å². The van der Waals surface area contributed by atoms with E-state index in [0.717, 1.165) is 13.1 Å². The molecule has 1 heterocycles. The summed E-state index contributed by atoms with van der Waals surface area (Å²) in [7, 11) is 2.09. The third kappa shape index (κ3) is 2.45. The summed E-state index contributed by atoms with van der Waals surface area (Å²) in [5.74, 6) is 0.987. The van der Waals surface area contributed by atoms with Gasteiger partial charge in [0.2, 0.25) is 0 Å². The van der Waals surface area contributed by atoms with Crippen LogP contribution in [0, 0.1) is 11.8 Å². The maximum atomic E-state index is 11.2. The van der Waals surface area contributed by atoms with Crippen molar-refractivity contribution in [2.24, 2.45) is 11.8 Å². The van der Waals surface area contributed by atoms with E-state index in [1.165, 1.54) is 0 Å². The van der Waals surface area contributed by atoms with E-state index in [1.54, 1.807) is 6.08 Å². The maximum absolute atomic E-state index is 11.2. The fraction of sp³-hybridized carbons (Fsp3) is 0.700. The average Bonchev–Trinajstić information content (AvgIpc) is 1.95. The normalized spacial score (nSPS) is 20.3. The van der Waals surface area contributed by atoms with Crippen LogP contribution in [0.1, 0.15) is 13.8 Å². The summed E-state index contributed by atoms with van der Waals surface area (Å²) in [6, 6.07) is 0. The lowest BCUT2D eigenvalue weighted by Crippen LogP contribution is -2.42. The van der Waals surface area contributed by atoms with Gasteiger partial charge in [0.15, 0.2) is 5.78 Å². The first kappa shape index (κ1) is 9.46. The predicted molar refractivity (Wildman–Crippen MR) is 50.0 cm³/mol. The molecule has 0 aromatic heterocycles. The lowest BCUT2D eigenvalue weighted by molar-refractivity contribution is -0.117. The summed E-state index contributed by atoms with van der Waals surface area (Å²) < 4.78 is 0. The van der Waals surface area contributed by atoms with Gasteiger partial charge in [0.25, 0.3) is 0 Å². The molecule has 0 unspecified atom stereocenters. The second-order valence-corrected chi connectivity index (χ2v) is 3.90. The summed E-state index contributed by atoms with van der Waals surface area (Å²) in [4.78, 5) is 13.4. The second kappa shape index (κ2) is 3.85. The van der Waals surface area contributed by atoms with Crippen LogP contribution in [0.5, 0.6) is 0 Å². The SMILES string of the molecule is CC(C)C(=O)/C=C/C1CN(C)C1. The van der Waals surface area contributed by atoms with Gasteiger partial charge in [-0.05, 0) is 13.1 Å². The molecule has 0 aliphatic carbocycles. The third-order valence-corrected chi connectivity index (χ3v) is 2.19. The molecule has 12 heavy (non-hydrogen) atoms. The highest BCUT2D eigenvalue weighted by Gasteiger charge is 2.20. The predicted octanol–water partition coefficient (Wildman–Crippen LogP) is 1.33. The van der Waals surface area contributed by atoms with Gasteiger partial charge in [-0.25, -0.2) is 0 Å². The van der Waals surface area contributed by atoms with Gasteiger partial charge in [-0.2, -0.15) is 0 Å². The van der Waals surface area contributed by atoms with Crippen LogP contribution in [-0.4, -0.2) is 30.8 Å². The van der Waals surface area contributed by atoms with E-state index in [1.807, 2.05) is 19.9 Å². The van der Waals surface area contributed by atoms with E-state index < -0.39 is 0 Å². The zero-order chi connectivity index (χ0) is 9.14. The summed E-state index contributed by atoms with van der Waals surface area (Å²) >= 11 is 0. The molecule has 1 saturated heterocycles. The van der Waals surface area contributed by atoms with Crippen molar-refractivity contribution in [1.82, 2.24) is 4.90 Å². The van der Waals surface area contributed by atoms with Crippen molar-refractivity contribution in [2.45, 2.75) is 13.8 Å². The molecule has 0 aromatic carbocycles. The molecule has 1 fully saturated rings. The van der Waals surface area contributed by atoms with Crippen LogP contribution in [-0.2, 0) is 4.79 Å². The number of hydrogen-bond acceptors (Lipinski definition) is 2. The number of ketones is 1. The van der Waals surface area contributed by atoms with E-state index >= 15 is 0 Å². The quantitative estimate of drug-likeness (QED) is 0.591. The molecule has 2 nitrogen and oxygen atoms in total. The molecule has 0 radical (unpaired) electrons. The Balaban J connectivity index is 2.26. The Bertz CT molecular complexity index is 190. The lowest BCUT2D eigenvalue weighted by atomic mass is 9.99. The van der Waals surface area contributed by atoms with Gasteiger partial charge in [0, 0.05) is 24.9 Å². The van der Waals surface area contributed by atoms with E-state index in [0.29, 0.717) is 5.92 Å². The number of likely N-dealkylation sites (tertiary alicyclic amines) is 1. The largest absolute Gasteiger partial charge is 0.305 e. The molecule has 0 N–H and O–H groups in total. The number of nitrogens with zero attached hydrogens (tertiary/aromatic N) is 1. The van der Waals surface area contributed by atoms with Crippen molar-refractivity contribution in [2.75, 3.05) is 20.1 Å². The molecule has 2 heteroatoms. The zero-order valence-electron chi connectivity index (χ0n) is 8.08. The molecule has 0 saturated carbocycles. The molecule has 1 aliphatic heterocycles. The maximum Gasteiger partial charge on any atom is 0.157 e. The Labute approximate surface area is 74.2 Å². The molecule has 0 amide bonds. The van der Waals surface area contributed by atoms with Crippen LogP contribution >= 0.6 is 0 Å². The number of carbonyl (C=O) groups is 1. The van der Waals surface area contributed by atoms with Gasteiger partial charge in [-0.3, -0.25) is 4.79 Å². The van der Waals surface area contributed by atoms with Crippen molar-refractivity contribution in [3.05, 3.63) is 12.2 Å². The van der Waals surface area contributed by atoms with Crippen molar-refractivity contribution >= 4 is 5.78 Å². The molecule has 0 aromatic rings. The highest BCUT2D eigenvalue weighted by atomic mass is 16.1. The topological polar surface area (TPSA) is 20.3 Å². The molecule has 0 spiro atoms. The van der Waals surface area contributed by atoms with E-state index in [4.69, 9.17) is 0 Å². The average molecular weight is 167 g/mol. The fourth-order valence-electron chi connectivity index (χ4n) is 1.29. The minimum Gasteiger partial charge on any atom is -0.305 e. The van der Waals surface area contributed by atoms with Crippen LogP contribution in [0.25, 0.3) is 0 Å². The van der Waals surface area contributed by atoms with E-state index in [2.05, 4.69) is 11.9 Å². The van der Waals surface area contributed by atoms with E-state index in [-0.39, 0.29) is 11.7 Å². The third-order valence-electron chi connectivity index (χ3n) is 2.19. The van der Waals surface area contributed by atoms with Crippen molar-refractivity contribution in [1.29, 1.82) is 0 Å². The second-order valence-electron chi connectivity index (χ2n) is 3.90. The highest BCUT2D eigenvalue weighted by Crippen LogP contribution is 2.14. The molecule has 0 atom stereocenters. The number of hydrogen-bond donors (Lipinski definition) is 0. The first-order chi connectivity index (χ1) is 5.59. The summed E-state index contributed by atoms with van der Waals surface area (Å²) in [6.45, 7) is 6.06. The Morgan fingerprint density at radius 3 is 2.50 bits per heavy atom. The van der Waals surface area contributed by atoms with Crippen LogP contribution in [0.4, 0.5) is 0 Å². The fourth-order valence-corrected chi connectivity index (χ4v) is 1.29. The Morgan fingerprint density at radius 2 is 2.08 bits per heavy atom. The molecular formula is C10H17NO. The van der Waals surface area contributed by atoms with Gasteiger partial charge < -0.3 is 4.90 Å². The Hall–Kier alpha value is -0.630. The summed E-state index contributed by atoms with van der Waals surface area (Å²) in [6.07, 6.45) is 3.78. The first-order valence-electron chi connectivity index (χ1n) is 4.50. The molecule has 68 valence electrons. The molecular weight excluding hydrogens is 150 g/mol. The number of carbonyl (C=O) groups excluding carboxylic acids is 1. The van der Waals surface area contributed by atoms with E-state index in [9.17, 15) is 4.79 Å². The van der Waals surface area contributed by atoms with Gasteiger partial charge in [-0.1, -0.05) is 19.9 Å². The highest BCUT2D eigenvalue weighted by molar-refractivity contribution is 5.91. The van der Waals surface area contributed by atoms with Gasteiger partial charge in [0.1, 0.15) is 0 Å². The molecule has 1 rings (SSSR count). The smallest absolute Gasteiger partial charge is 0.157 e. The van der Waals surface area contributed by atoms with Crippen LogP contribution in [0.3, 0.4) is 0 Å². The number of rotatable bonds is 3. The molecule has 0 bridgehead atoms. The van der Waals surface area contributed by atoms with Crippen molar-refractivity contribution < 1.29 is 4.79 Å². The van der Waals surface area contributed by atoms with Gasteiger partial charge in [0.05, 0.1) is 0 Å². The monoisotopic (exact) mass is 167 g/mol. The van der Waals surface area contributed by atoms with Crippen LogP contribution < -0.4 is 0 Å². The Morgan fingerprint density at radius 1 is 1.50 bits per heavy atom. The Kier molecular flexibility index (Phi) is 3.04.